The van der Waals surface area contributed by atoms with Crippen LogP contribution in [0, 0.1) is 6.92 Å². The Balaban J connectivity index is 2.29. The van der Waals surface area contributed by atoms with E-state index in [-0.39, 0.29) is 11.6 Å². The van der Waals surface area contributed by atoms with E-state index in [1.165, 1.54) is 13.1 Å². The lowest BCUT2D eigenvalue weighted by Crippen LogP contribution is -2.25. The Kier molecular flexibility index (Phi) is 2.07. The van der Waals surface area contributed by atoms with Crippen LogP contribution in [-0.2, 0) is 4.79 Å². The normalized spacial score (nSPS) is 18.8. The molecule has 5 nitrogen and oxygen atoms in total. The minimum Gasteiger partial charge on any atom is -0.462 e. The molecule has 1 aliphatic heterocycles. The van der Waals surface area contributed by atoms with Crippen LogP contribution >= 0.6 is 0 Å². The summed E-state index contributed by atoms with van der Waals surface area (Å²) in [6.45, 7) is 1.81. The lowest BCUT2D eigenvalue weighted by atomic mass is 10.3. The highest BCUT2D eigenvalue weighted by Gasteiger charge is 2.30. The molecule has 15 heavy (non-hydrogen) atoms. The van der Waals surface area contributed by atoms with E-state index < -0.39 is 6.03 Å². The molecule has 1 aromatic heterocycles. The van der Waals surface area contributed by atoms with E-state index in [0.717, 1.165) is 10.7 Å². The zero-order valence-electron chi connectivity index (χ0n) is 8.40. The number of nitrogens with zero attached hydrogens (tertiary/aromatic N) is 1. The average Bonchev–Trinajstić information content (AvgIpc) is 2.68. The van der Waals surface area contributed by atoms with Crippen molar-refractivity contribution in [1.29, 1.82) is 0 Å². The maximum Gasteiger partial charge on any atom is 0.328 e. The maximum absolute atomic E-state index is 11.5. The van der Waals surface area contributed by atoms with E-state index in [2.05, 4.69) is 5.32 Å². The summed E-state index contributed by atoms with van der Waals surface area (Å²) in [5, 5.41) is 2.45. The predicted molar refractivity (Wildman–Crippen MR) is 52.7 cm³/mol. The molecule has 1 aliphatic rings. The summed E-state index contributed by atoms with van der Waals surface area (Å²) in [5.41, 5.74) is 0.233. The van der Waals surface area contributed by atoms with Gasteiger partial charge in [-0.15, -0.1) is 0 Å². The molecule has 0 unspecified atom stereocenters. The third kappa shape index (κ3) is 1.63. The highest BCUT2D eigenvalue weighted by atomic mass is 16.3. The lowest BCUT2D eigenvalue weighted by Gasteiger charge is -1.99. The maximum atomic E-state index is 11.5. The van der Waals surface area contributed by atoms with Crippen molar-refractivity contribution in [2.24, 2.45) is 0 Å². The number of urea groups is 1. The molecular weight excluding hydrogens is 196 g/mol. The SMILES string of the molecule is Cc1ccc(/C=C2/NC(=O)N(C)C2=O)o1. The minimum atomic E-state index is -0.422. The number of nitrogens with one attached hydrogen (secondary N) is 1. The van der Waals surface area contributed by atoms with Gasteiger partial charge >= 0.3 is 6.03 Å². The van der Waals surface area contributed by atoms with Gasteiger partial charge in [0.2, 0.25) is 0 Å². The number of carbonyl (C=O) groups excluding carboxylic acids is 2. The molecule has 0 saturated carbocycles. The summed E-state index contributed by atoms with van der Waals surface area (Å²) in [5.74, 6) is 0.951. The van der Waals surface area contributed by atoms with Gasteiger partial charge in [0.25, 0.3) is 5.91 Å². The van der Waals surface area contributed by atoms with Gasteiger partial charge in [0.15, 0.2) is 0 Å². The number of imide groups is 1. The second-order valence-corrected chi connectivity index (χ2v) is 3.30. The first-order valence-electron chi connectivity index (χ1n) is 4.45. The molecule has 1 saturated heterocycles. The third-order valence-electron chi connectivity index (χ3n) is 2.13. The van der Waals surface area contributed by atoms with Gasteiger partial charge in [-0.2, -0.15) is 0 Å². The topological polar surface area (TPSA) is 62.6 Å². The van der Waals surface area contributed by atoms with Gasteiger partial charge in [-0.25, -0.2) is 4.79 Å². The molecule has 1 fully saturated rings. The molecule has 0 atom stereocenters. The first-order chi connectivity index (χ1) is 7.08. The second-order valence-electron chi connectivity index (χ2n) is 3.30. The number of hydrogen-bond donors (Lipinski definition) is 1. The van der Waals surface area contributed by atoms with Crippen molar-refractivity contribution < 1.29 is 14.0 Å². The number of furan rings is 1. The van der Waals surface area contributed by atoms with Gasteiger partial charge in [-0.1, -0.05) is 0 Å². The van der Waals surface area contributed by atoms with E-state index in [4.69, 9.17) is 4.42 Å². The number of hydrogen-bond acceptors (Lipinski definition) is 3. The smallest absolute Gasteiger partial charge is 0.328 e. The van der Waals surface area contributed by atoms with E-state index in [0.29, 0.717) is 5.76 Å². The molecule has 78 valence electrons. The van der Waals surface area contributed by atoms with Crippen LogP contribution in [0.3, 0.4) is 0 Å². The Morgan fingerprint density at radius 1 is 1.40 bits per heavy atom. The van der Waals surface area contributed by atoms with Gasteiger partial charge in [-0.05, 0) is 19.1 Å². The van der Waals surface area contributed by atoms with Crippen molar-refractivity contribution in [1.82, 2.24) is 10.2 Å². The van der Waals surface area contributed by atoms with Gasteiger partial charge < -0.3 is 9.73 Å². The number of amides is 3. The molecule has 1 N–H and O–H groups in total. The van der Waals surface area contributed by atoms with Crippen molar-refractivity contribution >= 4 is 18.0 Å². The molecule has 2 rings (SSSR count). The Morgan fingerprint density at radius 3 is 2.60 bits per heavy atom. The van der Waals surface area contributed by atoms with Crippen LogP contribution in [0.2, 0.25) is 0 Å². The first-order valence-corrected chi connectivity index (χ1v) is 4.45. The second kappa shape index (κ2) is 3.27. The molecular formula is C10H10N2O3. The molecule has 5 heteroatoms. The lowest BCUT2D eigenvalue weighted by molar-refractivity contribution is -0.121. The zero-order valence-corrected chi connectivity index (χ0v) is 8.40. The Labute approximate surface area is 86.4 Å². The molecule has 0 aliphatic carbocycles. The highest BCUT2D eigenvalue weighted by Crippen LogP contribution is 2.14. The molecule has 3 amide bonds. The molecule has 2 heterocycles. The van der Waals surface area contributed by atoms with E-state index >= 15 is 0 Å². The van der Waals surface area contributed by atoms with Crippen LogP contribution in [-0.4, -0.2) is 23.9 Å². The molecule has 0 aromatic carbocycles. The Morgan fingerprint density at radius 2 is 2.13 bits per heavy atom. The van der Waals surface area contributed by atoms with Crippen LogP contribution in [0.5, 0.6) is 0 Å². The van der Waals surface area contributed by atoms with Gasteiger partial charge in [0, 0.05) is 13.1 Å². The van der Waals surface area contributed by atoms with E-state index in [1.54, 1.807) is 12.1 Å². The molecule has 0 bridgehead atoms. The summed E-state index contributed by atoms with van der Waals surface area (Å²) in [7, 11) is 1.42. The Bertz CT molecular complexity index is 459. The fraction of sp³-hybridized carbons (Fsp3) is 0.200. The van der Waals surface area contributed by atoms with Crippen LogP contribution in [0.4, 0.5) is 4.79 Å². The van der Waals surface area contributed by atoms with Crippen molar-refractivity contribution in [2.45, 2.75) is 6.92 Å². The fourth-order valence-electron chi connectivity index (χ4n) is 1.30. The van der Waals surface area contributed by atoms with Gasteiger partial charge in [-0.3, -0.25) is 9.69 Å². The van der Waals surface area contributed by atoms with Crippen LogP contribution in [0.1, 0.15) is 11.5 Å². The standard InChI is InChI=1S/C10H10N2O3/c1-6-3-4-7(15-6)5-8-9(13)12(2)10(14)11-8/h3-5H,1-2H3,(H,11,14)/b8-5+. The van der Waals surface area contributed by atoms with Crippen LogP contribution in [0.25, 0.3) is 6.08 Å². The van der Waals surface area contributed by atoms with Gasteiger partial charge in [0.05, 0.1) is 0 Å². The zero-order chi connectivity index (χ0) is 11.0. The fourth-order valence-corrected chi connectivity index (χ4v) is 1.30. The van der Waals surface area contributed by atoms with Crippen LogP contribution in [0.15, 0.2) is 22.2 Å². The minimum absolute atomic E-state index is 0.233. The molecule has 1 aromatic rings. The van der Waals surface area contributed by atoms with Crippen molar-refractivity contribution in [2.75, 3.05) is 7.05 Å². The van der Waals surface area contributed by atoms with Crippen LogP contribution < -0.4 is 5.32 Å². The highest BCUT2D eigenvalue weighted by molar-refractivity contribution is 6.13. The largest absolute Gasteiger partial charge is 0.462 e. The number of aryl methyl sites for hydroxylation is 1. The predicted octanol–water partition coefficient (Wildman–Crippen LogP) is 1.11. The monoisotopic (exact) mass is 206 g/mol. The number of rotatable bonds is 1. The summed E-state index contributed by atoms with van der Waals surface area (Å²) in [6.07, 6.45) is 1.51. The summed E-state index contributed by atoms with van der Waals surface area (Å²) < 4.78 is 5.27. The third-order valence-corrected chi connectivity index (χ3v) is 2.13. The average molecular weight is 206 g/mol. The summed E-state index contributed by atoms with van der Waals surface area (Å²) in [6, 6.07) is 3.10. The number of likely N-dealkylation sites (N-methyl/N-ethyl adjacent to an activating group) is 1. The summed E-state index contributed by atoms with van der Waals surface area (Å²) >= 11 is 0. The first kappa shape index (κ1) is 9.51. The van der Waals surface area contributed by atoms with E-state index in [1.807, 2.05) is 6.92 Å². The Hall–Kier alpha value is -2.04. The van der Waals surface area contributed by atoms with Crippen molar-refractivity contribution in [3.63, 3.8) is 0 Å². The van der Waals surface area contributed by atoms with Crippen molar-refractivity contribution in [3.8, 4) is 0 Å². The van der Waals surface area contributed by atoms with Gasteiger partial charge in [0.1, 0.15) is 17.2 Å². The van der Waals surface area contributed by atoms with Crippen molar-refractivity contribution in [3.05, 3.63) is 29.4 Å². The van der Waals surface area contributed by atoms with E-state index in [9.17, 15) is 9.59 Å². The quantitative estimate of drug-likeness (QED) is 0.553. The molecule has 0 radical (unpaired) electrons. The number of carbonyl (C=O) groups is 2. The summed E-state index contributed by atoms with van der Waals surface area (Å²) in [4.78, 5) is 23.6. The molecule has 0 spiro atoms.